The number of aliphatic hydroxyl groups is 1. The van der Waals surface area contributed by atoms with Crippen molar-refractivity contribution in [2.75, 3.05) is 6.61 Å². The standard InChI is InChI=1S/C11H13IO3/c1-11(5-6-13,10(14)15)8-3-2-4-9(12)7-8/h2-4,7,13H,5-6H2,1H3,(H,14,15). The lowest BCUT2D eigenvalue weighted by Crippen LogP contribution is -2.33. The van der Waals surface area contributed by atoms with Crippen molar-refractivity contribution in [3.8, 4) is 0 Å². The molecule has 0 aliphatic heterocycles. The molecule has 82 valence electrons. The molecule has 0 heterocycles. The minimum atomic E-state index is -1.00. The maximum Gasteiger partial charge on any atom is 0.313 e. The summed E-state index contributed by atoms with van der Waals surface area (Å²) in [5.41, 5.74) is -0.272. The zero-order valence-corrected chi connectivity index (χ0v) is 10.6. The van der Waals surface area contributed by atoms with Crippen LogP contribution in [0, 0.1) is 3.57 Å². The highest BCUT2D eigenvalue weighted by Gasteiger charge is 2.34. The number of carbonyl (C=O) groups is 1. The molecule has 1 unspecified atom stereocenters. The van der Waals surface area contributed by atoms with Crippen molar-refractivity contribution in [2.24, 2.45) is 0 Å². The van der Waals surface area contributed by atoms with E-state index in [4.69, 9.17) is 5.11 Å². The zero-order chi connectivity index (χ0) is 11.5. The van der Waals surface area contributed by atoms with Crippen molar-refractivity contribution < 1.29 is 15.0 Å². The van der Waals surface area contributed by atoms with Crippen molar-refractivity contribution in [1.29, 1.82) is 0 Å². The maximum atomic E-state index is 11.2. The average Bonchev–Trinajstić information content (AvgIpc) is 2.17. The Balaban J connectivity index is 3.15. The molecule has 1 atom stereocenters. The molecule has 4 heteroatoms. The van der Waals surface area contributed by atoms with E-state index in [9.17, 15) is 9.90 Å². The summed E-state index contributed by atoms with van der Waals surface area (Å²) in [5, 5.41) is 18.1. The smallest absolute Gasteiger partial charge is 0.313 e. The van der Waals surface area contributed by atoms with Crippen LogP contribution >= 0.6 is 22.6 Å². The summed E-state index contributed by atoms with van der Waals surface area (Å²) in [6, 6.07) is 7.36. The first-order chi connectivity index (χ1) is 7.00. The molecular formula is C11H13IO3. The van der Waals surface area contributed by atoms with E-state index in [0.29, 0.717) is 0 Å². The fraction of sp³-hybridized carbons (Fsp3) is 0.364. The van der Waals surface area contributed by atoms with Crippen molar-refractivity contribution in [2.45, 2.75) is 18.8 Å². The maximum absolute atomic E-state index is 11.2. The molecule has 0 aliphatic carbocycles. The van der Waals surface area contributed by atoms with Crippen molar-refractivity contribution in [3.63, 3.8) is 0 Å². The van der Waals surface area contributed by atoms with Gasteiger partial charge in [0, 0.05) is 10.2 Å². The Bertz CT molecular complexity index is 365. The van der Waals surface area contributed by atoms with Crippen molar-refractivity contribution >= 4 is 28.6 Å². The van der Waals surface area contributed by atoms with Crippen LogP contribution in [0.4, 0.5) is 0 Å². The first-order valence-corrected chi connectivity index (χ1v) is 5.69. The second-order valence-corrected chi connectivity index (χ2v) is 4.87. The van der Waals surface area contributed by atoms with E-state index in [1.807, 2.05) is 18.2 Å². The van der Waals surface area contributed by atoms with E-state index in [-0.39, 0.29) is 13.0 Å². The van der Waals surface area contributed by atoms with Crippen LogP contribution in [-0.2, 0) is 10.2 Å². The van der Waals surface area contributed by atoms with E-state index < -0.39 is 11.4 Å². The van der Waals surface area contributed by atoms with Crippen LogP contribution in [0.1, 0.15) is 18.9 Å². The predicted octanol–water partition coefficient (Wildman–Crippen LogP) is 2.02. The van der Waals surface area contributed by atoms with Gasteiger partial charge in [-0.25, -0.2) is 0 Å². The number of hydrogen-bond acceptors (Lipinski definition) is 2. The Hall–Kier alpha value is -0.620. The summed E-state index contributed by atoms with van der Waals surface area (Å²) in [5.74, 6) is -0.904. The minimum absolute atomic E-state index is 0.131. The lowest BCUT2D eigenvalue weighted by Gasteiger charge is -2.24. The SMILES string of the molecule is CC(CCO)(C(=O)O)c1cccc(I)c1. The summed E-state index contributed by atoms with van der Waals surface area (Å²) < 4.78 is 0.996. The molecule has 0 radical (unpaired) electrons. The molecule has 0 spiro atoms. The second-order valence-electron chi connectivity index (χ2n) is 3.62. The lowest BCUT2D eigenvalue weighted by atomic mass is 9.80. The molecule has 0 fully saturated rings. The normalized spacial score (nSPS) is 14.6. The van der Waals surface area contributed by atoms with Gasteiger partial charge in [-0.15, -0.1) is 0 Å². The van der Waals surface area contributed by atoms with Gasteiger partial charge in [0.25, 0.3) is 0 Å². The van der Waals surface area contributed by atoms with Crippen LogP contribution in [0.15, 0.2) is 24.3 Å². The number of hydrogen-bond donors (Lipinski definition) is 2. The van der Waals surface area contributed by atoms with E-state index >= 15 is 0 Å². The van der Waals surface area contributed by atoms with Gasteiger partial charge in [0.15, 0.2) is 0 Å². The quantitative estimate of drug-likeness (QED) is 0.835. The average molecular weight is 320 g/mol. The van der Waals surface area contributed by atoms with E-state index in [2.05, 4.69) is 22.6 Å². The first-order valence-electron chi connectivity index (χ1n) is 4.61. The van der Waals surface area contributed by atoms with Crippen LogP contribution < -0.4 is 0 Å². The van der Waals surface area contributed by atoms with E-state index in [0.717, 1.165) is 9.13 Å². The zero-order valence-electron chi connectivity index (χ0n) is 8.40. The number of benzene rings is 1. The molecule has 0 aliphatic rings. The number of aliphatic carboxylic acids is 1. The molecule has 1 aromatic rings. The second kappa shape index (κ2) is 4.94. The molecule has 0 saturated carbocycles. The Morgan fingerprint density at radius 2 is 2.20 bits per heavy atom. The molecule has 15 heavy (non-hydrogen) atoms. The third-order valence-electron chi connectivity index (χ3n) is 2.55. The highest BCUT2D eigenvalue weighted by Crippen LogP contribution is 2.28. The fourth-order valence-corrected chi connectivity index (χ4v) is 1.97. The molecule has 0 amide bonds. The van der Waals surface area contributed by atoms with Crippen LogP contribution in [0.3, 0.4) is 0 Å². The first kappa shape index (κ1) is 12.4. The summed E-state index contributed by atoms with van der Waals surface area (Å²) in [7, 11) is 0. The van der Waals surface area contributed by atoms with Gasteiger partial charge in [-0.1, -0.05) is 12.1 Å². The summed E-state index contributed by atoms with van der Waals surface area (Å²) in [6.07, 6.45) is 0.225. The van der Waals surface area contributed by atoms with E-state index in [1.165, 1.54) is 0 Å². The Morgan fingerprint density at radius 1 is 1.53 bits per heavy atom. The lowest BCUT2D eigenvalue weighted by molar-refractivity contribution is -0.143. The number of aliphatic hydroxyl groups excluding tert-OH is 1. The molecule has 1 aromatic carbocycles. The van der Waals surface area contributed by atoms with Gasteiger partial charge < -0.3 is 10.2 Å². The van der Waals surface area contributed by atoms with Gasteiger partial charge >= 0.3 is 5.97 Å². The van der Waals surface area contributed by atoms with Gasteiger partial charge in [-0.2, -0.15) is 0 Å². The largest absolute Gasteiger partial charge is 0.481 e. The monoisotopic (exact) mass is 320 g/mol. The third-order valence-corrected chi connectivity index (χ3v) is 3.22. The Labute approximate surface area is 102 Å². The summed E-state index contributed by atoms with van der Waals surface area (Å²) >= 11 is 2.14. The topological polar surface area (TPSA) is 57.5 Å². The number of carboxylic acid groups (broad SMARTS) is 1. The summed E-state index contributed by atoms with van der Waals surface area (Å²) in [4.78, 5) is 11.2. The Morgan fingerprint density at radius 3 is 2.67 bits per heavy atom. The van der Waals surface area contributed by atoms with Gasteiger partial charge in [0.05, 0.1) is 5.41 Å². The third kappa shape index (κ3) is 2.69. The molecule has 1 rings (SSSR count). The molecule has 0 bridgehead atoms. The molecule has 3 nitrogen and oxygen atoms in total. The van der Waals surface area contributed by atoms with E-state index in [1.54, 1.807) is 13.0 Å². The number of halogens is 1. The fourth-order valence-electron chi connectivity index (χ4n) is 1.43. The Kier molecular flexibility index (Phi) is 4.10. The highest BCUT2D eigenvalue weighted by molar-refractivity contribution is 14.1. The highest BCUT2D eigenvalue weighted by atomic mass is 127. The van der Waals surface area contributed by atoms with Crippen LogP contribution in [0.2, 0.25) is 0 Å². The van der Waals surface area contributed by atoms with Gasteiger partial charge in [0.2, 0.25) is 0 Å². The van der Waals surface area contributed by atoms with Crippen LogP contribution in [0.5, 0.6) is 0 Å². The summed E-state index contributed by atoms with van der Waals surface area (Å²) in [6.45, 7) is 1.51. The van der Waals surface area contributed by atoms with Crippen molar-refractivity contribution in [1.82, 2.24) is 0 Å². The van der Waals surface area contributed by atoms with Crippen LogP contribution in [-0.4, -0.2) is 22.8 Å². The van der Waals surface area contributed by atoms with Gasteiger partial charge in [-0.3, -0.25) is 4.79 Å². The molecule has 0 aromatic heterocycles. The van der Waals surface area contributed by atoms with Crippen LogP contribution in [0.25, 0.3) is 0 Å². The molecular weight excluding hydrogens is 307 g/mol. The molecule has 2 N–H and O–H groups in total. The minimum Gasteiger partial charge on any atom is -0.481 e. The van der Waals surface area contributed by atoms with Crippen molar-refractivity contribution in [3.05, 3.63) is 33.4 Å². The van der Waals surface area contributed by atoms with Gasteiger partial charge in [0.1, 0.15) is 0 Å². The number of rotatable bonds is 4. The predicted molar refractivity (Wildman–Crippen MR) is 65.8 cm³/mol. The van der Waals surface area contributed by atoms with Gasteiger partial charge in [-0.05, 0) is 53.6 Å². The molecule has 0 saturated heterocycles. The number of carboxylic acids is 1.